The highest BCUT2D eigenvalue weighted by Crippen LogP contribution is 2.48. The van der Waals surface area contributed by atoms with Crippen LogP contribution in [0.25, 0.3) is 0 Å². The molecule has 0 radical (unpaired) electrons. The van der Waals surface area contributed by atoms with Gasteiger partial charge in [0, 0.05) is 12.1 Å². The summed E-state index contributed by atoms with van der Waals surface area (Å²) in [4.78, 5) is 19.6. The SMILES string of the molecule is CC1N=C(C(C)(C)NC(=O)C2[C@H]3CNC[C@@H]23)N2C=CC=CC12. The summed E-state index contributed by atoms with van der Waals surface area (Å²) in [5.41, 5.74) is -0.445. The van der Waals surface area contributed by atoms with Crippen molar-refractivity contribution >= 4 is 11.7 Å². The number of amidine groups is 1. The highest BCUT2D eigenvalue weighted by atomic mass is 16.2. The molecular weight excluding hydrogens is 276 g/mol. The van der Waals surface area contributed by atoms with Crippen LogP contribution in [0, 0.1) is 17.8 Å². The molecule has 118 valence electrons. The summed E-state index contributed by atoms with van der Waals surface area (Å²) >= 11 is 0. The van der Waals surface area contributed by atoms with E-state index in [0.717, 1.165) is 18.9 Å². The third-order valence-corrected chi connectivity index (χ3v) is 5.44. The van der Waals surface area contributed by atoms with E-state index in [1.807, 2.05) is 6.08 Å². The van der Waals surface area contributed by atoms with Crippen molar-refractivity contribution in [2.75, 3.05) is 13.1 Å². The van der Waals surface area contributed by atoms with E-state index in [1.54, 1.807) is 0 Å². The van der Waals surface area contributed by atoms with E-state index in [9.17, 15) is 4.79 Å². The van der Waals surface area contributed by atoms with E-state index < -0.39 is 5.54 Å². The van der Waals surface area contributed by atoms with E-state index in [4.69, 9.17) is 4.99 Å². The fourth-order valence-electron chi connectivity index (χ4n) is 4.19. The van der Waals surface area contributed by atoms with Crippen LogP contribution in [0.15, 0.2) is 29.4 Å². The smallest absolute Gasteiger partial charge is 0.224 e. The number of fused-ring (bicyclic) bond motifs is 2. The van der Waals surface area contributed by atoms with Gasteiger partial charge in [0.25, 0.3) is 0 Å². The Kier molecular flexibility index (Phi) is 2.98. The number of hydrogen-bond donors (Lipinski definition) is 2. The Morgan fingerprint density at radius 1 is 1.36 bits per heavy atom. The standard InChI is InChI=1S/C17H24N4O/c1-10-13-6-4-5-7-21(13)16(19-10)17(2,3)20-15(22)14-11-8-18-9-12(11)14/h4-7,10-14,18H,8-9H2,1-3H3,(H,20,22)/t10?,11-,12+,13?,14?. The molecule has 2 N–H and O–H groups in total. The highest BCUT2D eigenvalue weighted by Gasteiger charge is 2.57. The van der Waals surface area contributed by atoms with Crippen molar-refractivity contribution < 1.29 is 4.79 Å². The van der Waals surface area contributed by atoms with E-state index in [0.29, 0.717) is 11.8 Å². The second kappa shape index (κ2) is 4.69. The molecule has 5 heteroatoms. The van der Waals surface area contributed by atoms with Crippen LogP contribution in [0.2, 0.25) is 0 Å². The van der Waals surface area contributed by atoms with Crippen molar-refractivity contribution in [3.8, 4) is 0 Å². The van der Waals surface area contributed by atoms with Gasteiger partial charge in [-0.3, -0.25) is 9.79 Å². The summed E-state index contributed by atoms with van der Waals surface area (Å²) in [6, 6.07) is 0.498. The molecule has 3 aliphatic heterocycles. The molecule has 1 amide bonds. The Labute approximate surface area is 131 Å². The third-order valence-electron chi connectivity index (χ3n) is 5.44. The van der Waals surface area contributed by atoms with Gasteiger partial charge in [-0.05, 0) is 51.8 Å². The minimum Gasteiger partial charge on any atom is -0.344 e. The maximum atomic E-state index is 12.6. The lowest BCUT2D eigenvalue weighted by atomic mass is 10.0. The lowest BCUT2D eigenvalue weighted by molar-refractivity contribution is -0.124. The number of amides is 1. The summed E-state index contributed by atoms with van der Waals surface area (Å²) in [5, 5.41) is 6.58. The summed E-state index contributed by atoms with van der Waals surface area (Å²) in [7, 11) is 0. The molecule has 4 aliphatic rings. The molecule has 3 unspecified atom stereocenters. The lowest BCUT2D eigenvalue weighted by Gasteiger charge is -2.34. The number of hydrogen-bond acceptors (Lipinski definition) is 4. The van der Waals surface area contributed by atoms with Crippen LogP contribution in [0.1, 0.15) is 20.8 Å². The molecule has 1 saturated carbocycles. The highest BCUT2D eigenvalue weighted by molar-refractivity contribution is 5.98. The molecule has 0 aromatic rings. The van der Waals surface area contributed by atoms with Crippen molar-refractivity contribution in [3.63, 3.8) is 0 Å². The van der Waals surface area contributed by atoms with Gasteiger partial charge in [-0.25, -0.2) is 0 Å². The molecule has 0 spiro atoms. The Balaban J connectivity index is 1.49. The topological polar surface area (TPSA) is 56.7 Å². The minimum atomic E-state index is -0.445. The first-order valence-corrected chi connectivity index (χ1v) is 8.23. The zero-order valence-electron chi connectivity index (χ0n) is 13.4. The van der Waals surface area contributed by atoms with Crippen molar-refractivity contribution in [1.29, 1.82) is 0 Å². The number of carbonyl (C=O) groups excluding carboxylic acids is 1. The summed E-state index contributed by atoms with van der Waals surface area (Å²) in [6.45, 7) is 8.22. The van der Waals surface area contributed by atoms with Gasteiger partial charge in [-0.2, -0.15) is 0 Å². The second-order valence-electron chi connectivity index (χ2n) is 7.44. The Morgan fingerprint density at radius 3 is 2.82 bits per heavy atom. The molecule has 4 rings (SSSR count). The molecule has 3 heterocycles. The van der Waals surface area contributed by atoms with Crippen LogP contribution in [0.4, 0.5) is 0 Å². The summed E-state index contributed by atoms with van der Waals surface area (Å²) < 4.78 is 0. The molecule has 0 aromatic carbocycles. The number of aliphatic imine (C=N–C) groups is 1. The van der Waals surface area contributed by atoms with Crippen molar-refractivity contribution in [2.24, 2.45) is 22.7 Å². The quantitative estimate of drug-likeness (QED) is 0.814. The molecular formula is C17H24N4O. The van der Waals surface area contributed by atoms with Crippen LogP contribution in [-0.2, 0) is 4.79 Å². The number of piperidine rings is 1. The molecule has 0 bridgehead atoms. The number of nitrogens with one attached hydrogen (secondary N) is 2. The van der Waals surface area contributed by atoms with Gasteiger partial charge in [0.15, 0.2) is 0 Å². The van der Waals surface area contributed by atoms with Crippen LogP contribution in [0.3, 0.4) is 0 Å². The molecule has 22 heavy (non-hydrogen) atoms. The largest absolute Gasteiger partial charge is 0.344 e. The third kappa shape index (κ3) is 2.02. The van der Waals surface area contributed by atoms with Crippen LogP contribution >= 0.6 is 0 Å². The lowest BCUT2D eigenvalue weighted by Crippen LogP contribution is -2.55. The first kappa shape index (κ1) is 14.0. The van der Waals surface area contributed by atoms with Crippen LogP contribution < -0.4 is 10.6 Å². The molecule has 1 saturated heterocycles. The Bertz CT molecular complexity index is 581. The van der Waals surface area contributed by atoms with Gasteiger partial charge in [0.1, 0.15) is 5.84 Å². The van der Waals surface area contributed by atoms with E-state index in [2.05, 4.69) is 54.7 Å². The van der Waals surface area contributed by atoms with Crippen molar-refractivity contribution in [1.82, 2.24) is 15.5 Å². The monoisotopic (exact) mass is 300 g/mol. The molecule has 5 atom stereocenters. The summed E-state index contributed by atoms with van der Waals surface area (Å²) in [6.07, 6.45) is 8.34. The second-order valence-corrected chi connectivity index (χ2v) is 7.44. The maximum absolute atomic E-state index is 12.6. The minimum absolute atomic E-state index is 0.192. The van der Waals surface area contributed by atoms with Gasteiger partial charge in [0.05, 0.1) is 17.6 Å². The molecule has 0 aromatic heterocycles. The van der Waals surface area contributed by atoms with Gasteiger partial charge >= 0.3 is 0 Å². The average molecular weight is 300 g/mol. The van der Waals surface area contributed by atoms with Crippen LogP contribution in [0.5, 0.6) is 0 Å². The Morgan fingerprint density at radius 2 is 2.09 bits per heavy atom. The fraction of sp³-hybridized carbons (Fsp3) is 0.647. The zero-order valence-corrected chi connectivity index (χ0v) is 13.4. The van der Waals surface area contributed by atoms with E-state index in [-0.39, 0.29) is 23.9 Å². The number of rotatable bonds is 3. The van der Waals surface area contributed by atoms with Gasteiger partial charge in [0.2, 0.25) is 5.91 Å². The van der Waals surface area contributed by atoms with E-state index in [1.165, 1.54) is 0 Å². The fourth-order valence-corrected chi connectivity index (χ4v) is 4.19. The molecule has 1 aliphatic carbocycles. The summed E-state index contributed by atoms with van der Waals surface area (Å²) in [5.74, 6) is 2.45. The van der Waals surface area contributed by atoms with Gasteiger partial charge in [-0.1, -0.05) is 12.2 Å². The Hall–Kier alpha value is -1.62. The van der Waals surface area contributed by atoms with E-state index >= 15 is 0 Å². The first-order chi connectivity index (χ1) is 10.5. The van der Waals surface area contributed by atoms with Crippen molar-refractivity contribution in [2.45, 2.75) is 38.4 Å². The average Bonchev–Trinajstić information content (AvgIpc) is 2.82. The number of carbonyl (C=O) groups is 1. The predicted molar refractivity (Wildman–Crippen MR) is 86.4 cm³/mol. The number of allylic oxidation sites excluding steroid dienone is 2. The normalized spacial score (nSPS) is 38.6. The van der Waals surface area contributed by atoms with Gasteiger partial charge < -0.3 is 15.5 Å². The zero-order chi connectivity index (χ0) is 15.5. The predicted octanol–water partition coefficient (Wildman–Crippen LogP) is 0.901. The van der Waals surface area contributed by atoms with Crippen LogP contribution in [-0.4, -0.2) is 47.4 Å². The molecule has 5 nitrogen and oxygen atoms in total. The van der Waals surface area contributed by atoms with Gasteiger partial charge in [-0.15, -0.1) is 0 Å². The maximum Gasteiger partial charge on any atom is 0.224 e. The number of nitrogens with zero attached hydrogens (tertiary/aromatic N) is 2. The first-order valence-electron chi connectivity index (χ1n) is 8.23. The molecule has 2 fully saturated rings. The van der Waals surface area contributed by atoms with Crippen molar-refractivity contribution in [3.05, 3.63) is 24.4 Å².